The van der Waals surface area contributed by atoms with Gasteiger partial charge in [-0.3, -0.25) is 14.9 Å². The van der Waals surface area contributed by atoms with Crippen molar-refractivity contribution in [1.29, 1.82) is 0 Å². The van der Waals surface area contributed by atoms with Crippen molar-refractivity contribution < 1.29 is 37.0 Å². The number of rotatable bonds is 4. The third-order valence-corrected chi connectivity index (χ3v) is 11.9. The van der Waals surface area contributed by atoms with Gasteiger partial charge in [-0.1, -0.05) is 27.7 Å². The summed E-state index contributed by atoms with van der Waals surface area (Å²) in [6.45, 7) is 9.63. The highest BCUT2D eigenvalue weighted by Crippen LogP contribution is 2.69. The Bertz CT molecular complexity index is 1020. The summed E-state index contributed by atoms with van der Waals surface area (Å²) in [5.74, 6) is -1.65. The number of ketones is 1. The van der Waals surface area contributed by atoms with Crippen molar-refractivity contribution in [2.45, 2.75) is 91.0 Å². The maximum absolute atomic E-state index is 14.0. The van der Waals surface area contributed by atoms with Crippen LogP contribution in [-0.4, -0.2) is 67.8 Å². The lowest BCUT2D eigenvalue weighted by Gasteiger charge is -2.61. The number of hydrogen-bond donors (Lipinski definition) is 1. The molecule has 5 fully saturated rings. The van der Waals surface area contributed by atoms with E-state index in [2.05, 4.69) is 17.1 Å². The molecule has 0 radical (unpaired) electrons. The van der Waals surface area contributed by atoms with Crippen molar-refractivity contribution in [3.8, 4) is 0 Å². The van der Waals surface area contributed by atoms with Crippen molar-refractivity contribution in [2.24, 2.45) is 45.8 Å². The molecule has 3 aliphatic carbocycles. The minimum Gasteiger partial charge on any atom is -0.445 e. The van der Waals surface area contributed by atoms with Crippen molar-refractivity contribution in [1.82, 2.24) is 10.2 Å². The van der Waals surface area contributed by atoms with Gasteiger partial charge in [-0.15, -0.1) is 0 Å². The molecular formula is C29H43F3N2O5. The highest BCUT2D eigenvalue weighted by atomic mass is 19.4. The molecule has 4 unspecified atom stereocenters. The number of piperidine rings is 1. The zero-order valence-electron chi connectivity index (χ0n) is 23.7. The number of halogens is 3. The third kappa shape index (κ3) is 4.61. The van der Waals surface area contributed by atoms with Crippen molar-refractivity contribution in [3.05, 3.63) is 0 Å². The fraction of sp³-hybridized carbons (Fsp3) is 0.897. The number of carbonyl (C=O) groups is 3. The molecule has 11 atom stereocenters. The lowest BCUT2D eigenvalue weighted by Crippen LogP contribution is -2.63. The van der Waals surface area contributed by atoms with Gasteiger partial charge in [-0.2, -0.15) is 13.2 Å². The first kappa shape index (κ1) is 28.8. The number of alkyl carbamates (subject to hydrolysis) is 1. The summed E-state index contributed by atoms with van der Waals surface area (Å²) in [5.41, 5.74) is -3.03. The predicted octanol–water partition coefficient (Wildman–Crippen LogP) is 4.97. The molecule has 7 nitrogen and oxygen atoms in total. The van der Waals surface area contributed by atoms with Gasteiger partial charge in [0.15, 0.2) is 0 Å². The summed E-state index contributed by atoms with van der Waals surface area (Å²) in [4.78, 5) is 42.5. The minimum atomic E-state index is -4.56. The predicted molar refractivity (Wildman–Crippen MR) is 136 cm³/mol. The second-order valence-corrected chi connectivity index (χ2v) is 13.8. The fourth-order valence-electron chi connectivity index (χ4n) is 9.70. The first-order valence-electron chi connectivity index (χ1n) is 14.5. The Hall–Kier alpha value is -1.68. The number of fused-ring (bicyclic) bond motifs is 2. The topological polar surface area (TPSA) is 84.9 Å². The normalized spacial score (nSPS) is 47.3. The summed E-state index contributed by atoms with van der Waals surface area (Å²) in [6.07, 6.45) is -4.42. The molecule has 2 amide bonds. The Labute approximate surface area is 228 Å². The number of hydrogen-bond acceptors (Lipinski definition) is 6. The number of nitrogens with one attached hydrogen (secondary N) is 1. The highest BCUT2D eigenvalue weighted by Gasteiger charge is 2.69. The number of carbonyl (C=O) groups excluding carboxylic acids is 3. The molecule has 2 aliphatic heterocycles. The van der Waals surface area contributed by atoms with E-state index in [1.165, 1.54) is 6.92 Å². The smallest absolute Gasteiger partial charge is 0.414 e. The number of alkyl halides is 3. The lowest BCUT2D eigenvalue weighted by atomic mass is 9.43. The number of nitrogens with zero attached hydrogens (tertiary/aromatic N) is 1. The SMILES string of the molecule is COC1CCC23CC[C@@H](C)[C@](C)(C12)[C@H](OC(=O)NC(=O)[C@H]1CN2CC[C@@H]1C2)C[C@@](C)(CC(F)(F)F)C(=O)[C@@H]3C. The average Bonchev–Trinajstić information content (AvgIpc) is 3.58. The summed E-state index contributed by atoms with van der Waals surface area (Å²) >= 11 is 0. The molecule has 10 heteroatoms. The van der Waals surface area contributed by atoms with Crippen molar-refractivity contribution >= 4 is 17.8 Å². The van der Waals surface area contributed by atoms with Crippen LogP contribution in [0.15, 0.2) is 0 Å². The van der Waals surface area contributed by atoms with Crippen LogP contribution in [-0.2, 0) is 19.1 Å². The van der Waals surface area contributed by atoms with Gasteiger partial charge in [0.25, 0.3) is 0 Å². The number of ether oxygens (including phenoxy) is 2. The summed E-state index contributed by atoms with van der Waals surface area (Å²) in [6, 6.07) is 0. The number of amides is 2. The molecule has 5 rings (SSSR count). The van der Waals surface area contributed by atoms with Crippen LogP contribution in [0.5, 0.6) is 0 Å². The van der Waals surface area contributed by atoms with Crippen LogP contribution in [0.2, 0.25) is 0 Å². The van der Waals surface area contributed by atoms with E-state index in [1.807, 2.05) is 6.92 Å². The molecule has 0 aromatic carbocycles. The van der Waals surface area contributed by atoms with Crippen LogP contribution in [0.4, 0.5) is 18.0 Å². The Morgan fingerprint density at radius 3 is 2.38 bits per heavy atom. The quantitative estimate of drug-likeness (QED) is 0.526. The highest BCUT2D eigenvalue weighted by molar-refractivity contribution is 5.93. The van der Waals surface area contributed by atoms with Gasteiger partial charge in [0.05, 0.1) is 18.4 Å². The van der Waals surface area contributed by atoms with E-state index in [-0.39, 0.29) is 36.2 Å². The van der Waals surface area contributed by atoms with Crippen LogP contribution in [0.25, 0.3) is 0 Å². The van der Waals surface area contributed by atoms with E-state index >= 15 is 0 Å². The van der Waals surface area contributed by atoms with Crippen LogP contribution in [0.3, 0.4) is 0 Å². The lowest BCUT2D eigenvalue weighted by molar-refractivity contribution is -0.207. The first-order valence-corrected chi connectivity index (χ1v) is 14.5. The second kappa shape index (κ2) is 9.71. The van der Waals surface area contributed by atoms with Gasteiger partial charge < -0.3 is 14.4 Å². The van der Waals surface area contributed by atoms with Crippen LogP contribution < -0.4 is 5.32 Å². The minimum absolute atomic E-state index is 0.00813. The van der Waals surface area contributed by atoms with Gasteiger partial charge in [-0.25, -0.2) is 4.79 Å². The van der Waals surface area contributed by atoms with Crippen molar-refractivity contribution in [3.63, 3.8) is 0 Å². The number of Topliss-reactive ketones (excluding diaryl/α,β-unsaturated/α-hetero) is 1. The van der Waals surface area contributed by atoms with Crippen LogP contribution in [0.1, 0.15) is 72.6 Å². The first-order chi connectivity index (χ1) is 18.1. The fourth-order valence-corrected chi connectivity index (χ4v) is 9.70. The van der Waals surface area contributed by atoms with E-state index in [1.54, 1.807) is 14.0 Å². The molecule has 0 spiro atoms. The monoisotopic (exact) mass is 556 g/mol. The Morgan fingerprint density at radius 2 is 1.79 bits per heavy atom. The summed E-state index contributed by atoms with van der Waals surface area (Å²) < 4.78 is 53.8. The summed E-state index contributed by atoms with van der Waals surface area (Å²) in [5, 5.41) is 2.41. The van der Waals surface area contributed by atoms with E-state index in [0.717, 1.165) is 32.4 Å². The molecule has 4 bridgehead atoms. The van der Waals surface area contributed by atoms with E-state index < -0.39 is 58.6 Å². The Morgan fingerprint density at radius 1 is 1.10 bits per heavy atom. The molecule has 0 aromatic rings. The molecular weight excluding hydrogens is 513 g/mol. The van der Waals surface area contributed by atoms with Gasteiger partial charge in [-0.05, 0) is 62.3 Å². The van der Waals surface area contributed by atoms with Gasteiger partial charge in [0.2, 0.25) is 5.91 Å². The maximum Gasteiger partial charge on any atom is 0.414 e. The molecule has 0 aromatic heterocycles. The standard InChI is InChI=1S/C29H43F3N2O5/c1-16-6-9-28-10-7-20(38-5)22(28)27(16,4)21(12-26(3,15-29(30,31)32)23(35)17(28)2)39-25(37)33-24(36)19-14-34-11-8-18(19)13-34/h16-22H,6-15H2,1-5H3,(H,33,36,37)/t16-,17+,18-,19+,20?,21-,22?,26+,27+,28?/m1/s1. The molecule has 39 heavy (non-hydrogen) atoms. The van der Waals surface area contributed by atoms with E-state index in [9.17, 15) is 27.6 Å². The molecule has 5 aliphatic rings. The zero-order valence-corrected chi connectivity index (χ0v) is 23.7. The van der Waals surface area contributed by atoms with Gasteiger partial charge in [0, 0.05) is 42.9 Å². The third-order valence-electron chi connectivity index (χ3n) is 11.9. The molecule has 2 heterocycles. The van der Waals surface area contributed by atoms with Crippen molar-refractivity contribution in [2.75, 3.05) is 26.7 Å². The zero-order chi connectivity index (χ0) is 28.5. The maximum atomic E-state index is 14.0. The molecule has 2 saturated heterocycles. The molecule has 220 valence electrons. The number of methoxy groups -OCH3 is 1. The summed E-state index contributed by atoms with van der Waals surface area (Å²) in [7, 11) is 1.64. The molecule has 3 saturated carbocycles. The Balaban J connectivity index is 1.50. The molecule has 1 N–H and O–H groups in total. The Kier molecular flexibility index (Phi) is 7.18. The van der Waals surface area contributed by atoms with Crippen LogP contribution >= 0.6 is 0 Å². The van der Waals surface area contributed by atoms with E-state index in [4.69, 9.17) is 9.47 Å². The average molecular weight is 557 g/mol. The van der Waals surface area contributed by atoms with E-state index in [0.29, 0.717) is 19.4 Å². The van der Waals surface area contributed by atoms with Gasteiger partial charge >= 0.3 is 12.3 Å². The second-order valence-electron chi connectivity index (χ2n) is 13.8. The van der Waals surface area contributed by atoms with Crippen LogP contribution in [0, 0.1) is 45.8 Å². The van der Waals surface area contributed by atoms with Gasteiger partial charge in [0.1, 0.15) is 11.9 Å². The number of imide groups is 1. The largest absolute Gasteiger partial charge is 0.445 e.